The lowest BCUT2D eigenvalue weighted by Gasteiger charge is -2.18. The van der Waals surface area contributed by atoms with E-state index >= 15 is 0 Å². The predicted molar refractivity (Wildman–Crippen MR) is 233 cm³/mol. The minimum atomic E-state index is -0.759. The van der Waals surface area contributed by atoms with Crippen LogP contribution < -0.4 is 0 Å². The minimum absolute atomic E-state index is 0.0640. The number of hydrogen-bond acceptors (Lipinski definition) is 6. The molecule has 55 heavy (non-hydrogen) atoms. The van der Waals surface area contributed by atoms with Crippen molar-refractivity contribution in [3.05, 3.63) is 0 Å². The van der Waals surface area contributed by atoms with E-state index in [1.807, 2.05) is 0 Å². The van der Waals surface area contributed by atoms with Crippen LogP contribution in [-0.4, -0.2) is 37.2 Å². The summed E-state index contributed by atoms with van der Waals surface area (Å²) in [6.45, 7) is 8.96. The van der Waals surface area contributed by atoms with Gasteiger partial charge in [0.1, 0.15) is 13.2 Å². The summed E-state index contributed by atoms with van der Waals surface area (Å²) in [7, 11) is 0. The Balaban J connectivity index is 4.26. The summed E-state index contributed by atoms with van der Waals surface area (Å²) in [4.78, 5) is 37.7. The van der Waals surface area contributed by atoms with Crippen LogP contribution in [0.4, 0.5) is 0 Å². The van der Waals surface area contributed by atoms with Crippen LogP contribution >= 0.6 is 0 Å². The van der Waals surface area contributed by atoms with Crippen molar-refractivity contribution in [2.45, 2.75) is 278 Å². The van der Waals surface area contributed by atoms with Crippen molar-refractivity contribution in [3.8, 4) is 0 Å². The van der Waals surface area contributed by atoms with Gasteiger partial charge in [0.05, 0.1) is 0 Å². The van der Waals surface area contributed by atoms with Gasteiger partial charge >= 0.3 is 17.9 Å². The van der Waals surface area contributed by atoms with E-state index in [1.165, 1.54) is 167 Å². The molecular weight excluding hydrogens is 685 g/mol. The van der Waals surface area contributed by atoms with E-state index in [0.29, 0.717) is 19.3 Å². The van der Waals surface area contributed by atoms with Gasteiger partial charge in [0.15, 0.2) is 6.10 Å². The molecule has 0 saturated carbocycles. The lowest BCUT2D eigenvalue weighted by Crippen LogP contribution is -2.30. The van der Waals surface area contributed by atoms with Crippen LogP contribution in [0.3, 0.4) is 0 Å². The zero-order valence-electron chi connectivity index (χ0n) is 37.4. The molecule has 0 fully saturated rings. The molecule has 326 valence electrons. The largest absolute Gasteiger partial charge is 0.462 e. The maximum absolute atomic E-state index is 12.7. The maximum atomic E-state index is 12.7. The van der Waals surface area contributed by atoms with Gasteiger partial charge in [0.25, 0.3) is 0 Å². The van der Waals surface area contributed by atoms with Gasteiger partial charge in [-0.2, -0.15) is 0 Å². The molecule has 0 N–H and O–H groups in total. The minimum Gasteiger partial charge on any atom is -0.462 e. The van der Waals surface area contributed by atoms with Gasteiger partial charge in [-0.1, -0.05) is 233 Å². The fourth-order valence-electron chi connectivity index (χ4n) is 7.33. The van der Waals surface area contributed by atoms with Crippen LogP contribution in [0, 0.1) is 5.92 Å². The summed E-state index contributed by atoms with van der Waals surface area (Å²) in [6, 6.07) is 0. The lowest BCUT2D eigenvalue weighted by atomic mass is 10.0. The van der Waals surface area contributed by atoms with Crippen molar-refractivity contribution in [2.24, 2.45) is 5.92 Å². The smallest absolute Gasteiger partial charge is 0.306 e. The molecule has 0 aromatic carbocycles. The Bertz CT molecular complexity index is 826. The third-order valence-electron chi connectivity index (χ3n) is 11.0. The molecule has 0 rings (SSSR count). The maximum Gasteiger partial charge on any atom is 0.306 e. The topological polar surface area (TPSA) is 78.9 Å². The summed E-state index contributed by atoms with van der Waals surface area (Å²) in [5, 5.41) is 0. The first kappa shape index (κ1) is 53.4. The molecule has 0 aromatic rings. The van der Waals surface area contributed by atoms with E-state index in [2.05, 4.69) is 27.7 Å². The Kier molecular flexibility index (Phi) is 42.3. The standard InChI is InChI=1S/C49H94O6/c1-5-7-9-11-13-15-16-17-18-19-20-21-22-24-30-34-38-42-49(52)55-46(43-53-47(50)40-36-32-28-23-14-12-10-8-6-2)44-54-48(51)41-37-33-29-26-25-27-31-35-39-45(3)4/h45-46H,5-44H2,1-4H3/t46-/m1/s1. The molecule has 0 saturated heterocycles. The first-order valence-electron chi connectivity index (χ1n) is 24.4. The normalized spacial score (nSPS) is 11.9. The highest BCUT2D eigenvalue weighted by Gasteiger charge is 2.19. The van der Waals surface area contributed by atoms with Crippen molar-refractivity contribution in [3.63, 3.8) is 0 Å². The van der Waals surface area contributed by atoms with Crippen LogP contribution in [0.2, 0.25) is 0 Å². The highest BCUT2D eigenvalue weighted by atomic mass is 16.6. The average Bonchev–Trinajstić information content (AvgIpc) is 3.17. The summed E-state index contributed by atoms with van der Waals surface area (Å²) >= 11 is 0. The van der Waals surface area contributed by atoms with Crippen molar-refractivity contribution >= 4 is 17.9 Å². The Morgan fingerprint density at radius 3 is 0.891 bits per heavy atom. The number of unbranched alkanes of at least 4 members (excludes halogenated alkanes) is 31. The third-order valence-corrected chi connectivity index (χ3v) is 11.0. The molecule has 0 radical (unpaired) electrons. The van der Waals surface area contributed by atoms with Crippen molar-refractivity contribution in [1.29, 1.82) is 0 Å². The van der Waals surface area contributed by atoms with Gasteiger partial charge in [-0.15, -0.1) is 0 Å². The Morgan fingerprint density at radius 1 is 0.345 bits per heavy atom. The van der Waals surface area contributed by atoms with Gasteiger partial charge in [0.2, 0.25) is 0 Å². The predicted octanol–water partition coefficient (Wildman–Crippen LogP) is 15.5. The molecule has 0 aliphatic heterocycles. The van der Waals surface area contributed by atoms with Gasteiger partial charge in [0, 0.05) is 19.3 Å². The first-order chi connectivity index (χ1) is 26.9. The molecule has 0 unspecified atom stereocenters. The zero-order valence-corrected chi connectivity index (χ0v) is 37.4. The SMILES string of the molecule is CCCCCCCCCCCCCCCCCCCC(=O)O[C@H](COC(=O)CCCCCCCCCCC)COC(=O)CCCCCCCCCCC(C)C. The number of ether oxygens (including phenoxy) is 3. The van der Waals surface area contributed by atoms with E-state index in [4.69, 9.17) is 14.2 Å². The van der Waals surface area contributed by atoms with E-state index in [-0.39, 0.29) is 31.1 Å². The van der Waals surface area contributed by atoms with Crippen LogP contribution in [0.5, 0.6) is 0 Å². The zero-order chi connectivity index (χ0) is 40.3. The number of rotatable bonds is 44. The van der Waals surface area contributed by atoms with E-state index in [9.17, 15) is 14.4 Å². The molecule has 6 heteroatoms. The molecule has 0 spiro atoms. The highest BCUT2D eigenvalue weighted by Crippen LogP contribution is 2.17. The second kappa shape index (κ2) is 43.5. The monoisotopic (exact) mass is 779 g/mol. The van der Waals surface area contributed by atoms with E-state index < -0.39 is 6.10 Å². The van der Waals surface area contributed by atoms with Gasteiger partial charge < -0.3 is 14.2 Å². The molecule has 0 aliphatic rings. The number of hydrogen-bond donors (Lipinski definition) is 0. The fourth-order valence-corrected chi connectivity index (χ4v) is 7.33. The van der Waals surface area contributed by atoms with Gasteiger partial charge in [-0.05, 0) is 25.2 Å². The third kappa shape index (κ3) is 43.4. The molecule has 0 amide bonds. The number of carbonyl (C=O) groups is 3. The van der Waals surface area contributed by atoms with Gasteiger partial charge in [-0.25, -0.2) is 0 Å². The van der Waals surface area contributed by atoms with Crippen LogP contribution in [0.15, 0.2) is 0 Å². The van der Waals surface area contributed by atoms with E-state index in [0.717, 1.165) is 63.7 Å². The van der Waals surface area contributed by atoms with Gasteiger partial charge in [-0.3, -0.25) is 14.4 Å². The van der Waals surface area contributed by atoms with Crippen LogP contribution in [0.25, 0.3) is 0 Å². The molecule has 6 nitrogen and oxygen atoms in total. The summed E-state index contributed by atoms with van der Waals surface area (Å²) in [5.41, 5.74) is 0. The lowest BCUT2D eigenvalue weighted by molar-refractivity contribution is -0.167. The molecule has 0 heterocycles. The van der Waals surface area contributed by atoms with Crippen molar-refractivity contribution < 1.29 is 28.6 Å². The summed E-state index contributed by atoms with van der Waals surface area (Å²) in [6.07, 6.45) is 43.8. The summed E-state index contributed by atoms with van der Waals surface area (Å²) < 4.78 is 16.7. The van der Waals surface area contributed by atoms with Crippen LogP contribution in [0.1, 0.15) is 272 Å². The first-order valence-corrected chi connectivity index (χ1v) is 24.4. The molecule has 0 aromatic heterocycles. The Hall–Kier alpha value is -1.59. The summed E-state index contributed by atoms with van der Waals surface area (Å²) in [5.74, 6) is -0.0570. The Labute approximate surface area is 342 Å². The Morgan fingerprint density at radius 2 is 0.600 bits per heavy atom. The number of esters is 3. The van der Waals surface area contributed by atoms with E-state index in [1.54, 1.807) is 0 Å². The second-order valence-electron chi connectivity index (χ2n) is 17.2. The molecular formula is C49H94O6. The molecule has 0 aliphatic carbocycles. The van der Waals surface area contributed by atoms with Crippen LogP contribution in [-0.2, 0) is 28.6 Å². The fraction of sp³-hybridized carbons (Fsp3) is 0.939. The second-order valence-corrected chi connectivity index (χ2v) is 17.2. The highest BCUT2D eigenvalue weighted by molar-refractivity contribution is 5.71. The van der Waals surface area contributed by atoms with Crippen molar-refractivity contribution in [1.82, 2.24) is 0 Å². The quantitative estimate of drug-likeness (QED) is 0.0348. The molecule has 1 atom stereocenters. The average molecular weight is 779 g/mol. The van der Waals surface area contributed by atoms with Crippen molar-refractivity contribution in [2.75, 3.05) is 13.2 Å². The number of carbonyl (C=O) groups excluding carboxylic acids is 3. The molecule has 0 bridgehead atoms.